The lowest BCUT2D eigenvalue weighted by atomic mass is 9.90. The average Bonchev–Trinajstić information content (AvgIpc) is 3.48. The first-order valence-corrected chi connectivity index (χ1v) is 10.2. The quantitative estimate of drug-likeness (QED) is 0.487. The summed E-state index contributed by atoms with van der Waals surface area (Å²) >= 11 is 0. The van der Waals surface area contributed by atoms with E-state index >= 15 is 0 Å². The van der Waals surface area contributed by atoms with Crippen molar-refractivity contribution in [2.45, 2.75) is 38.4 Å². The van der Waals surface area contributed by atoms with Crippen molar-refractivity contribution in [2.75, 3.05) is 7.11 Å². The SMILES string of the molecule is C=C(C)[C@@H]1C[C@H](OCc2ccc(OC)cc2)C[C@H]1c1nnc2cnc3[nH]ccc3n12. The molecule has 1 aromatic carbocycles. The molecule has 3 heterocycles. The summed E-state index contributed by atoms with van der Waals surface area (Å²) in [6.07, 6.45) is 5.63. The van der Waals surface area contributed by atoms with Crippen molar-refractivity contribution in [1.29, 1.82) is 0 Å². The first-order chi connectivity index (χ1) is 14.6. The molecule has 4 aromatic rings. The summed E-state index contributed by atoms with van der Waals surface area (Å²) < 4.78 is 13.6. The van der Waals surface area contributed by atoms with Crippen LogP contribution in [0.3, 0.4) is 0 Å². The van der Waals surface area contributed by atoms with E-state index in [0.29, 0.717) is 12.5 Å². The highest BCUT2D eigenvalue weighted by Gasteiger charge is 2.39. The molecule has 0 bridgehead atoms. The monoisotopic (exact) mass is 403 g/mol. The molecule has 1 fully saturated rings. The number of aromatic nitrogens is 5. The lowest BCUT2D eigenvalue weighted by Crippen LogP contribution is -2.11. The second-order valence-electron chi connectivity index (χ2n) is 8.03. The molecule has 3 aromatic heterocycles. The van der Waals surface area contributed by atoms with Crippen LogP contribution in [0.4, 0.5) is 0 Å². The fraction of sp³-hybridized carbons (Fsp3) is 0.348. The second-order valence-corrected chi connectivity index (χ2v) is 8.03. The molecule has 0 spiro atoms. The Morgan fingerprint density at radius 1 is 1.20 bits per heavy atom. The van der Waals surface area contributed by atoms with Gasteiger partial charge in [-0.3, -0.25) is 4.40 Å². The fourth-order valence-electron chi connectivity index (χ4n) is 4.53. The topological polar surface area (TPSA) is 77.3 Å². The van der Waals surface area contributed by atoms with Crippen LogP contribution in [0.25, 0.3) is 16.8 Å². The molecule has 30 heavy (non-hydrogen) atoms. The number of rotatable bonds is 6. The largest absolute Gasteiger partial charge is 0.497 e. The summed E-state index contributed by atoms with van der Waals surface area (Å²) in [5, 5.41) is 8.94. The van der Waals surface area contributed by atoms with Gasteiger partial charge in [0.1, 0.15) is 11.6 Å². The number of allylic oxidation sites excluding steroid dienone is 1. The van der Waals surface area contributed by atoms with Gasteiger partial charge in [0.2, 0.25) is 0 Å². The number of nitrogens with zero attached hydrogens (tertiary/aromatic N) is 4. The molecule has 0 saturated heterocycles. The van der Waals surface area contributed by atoms with Gasteiger partial charge in [-0.25, -0.2) is 4.98 Å². The number of benzene rings is 1. The summed E-state index contributed by atoms with van der Waals surface area (Å²) in [6, 6.07) is 10.0. The van der Waals surface area contributed by atoms with Crippen LogP contribution in [0, 0.1) is 5.92 Å². The maximum atomic E-state index is 6.30. The van der Waals surface area contributed by atoms with Crippen LogP contribution in [0.5, 0.6) is 5.75 Å². The first-order valence-electron chi connectivity index (χ1n) is 10.2. The Morgan fingerprint density at radius 2 is 2.03 bits per heavy atom. The standard InChI is InChI=1S/C23H25N5O2/c1-14(2)18-10-17(30-13-15-4-6-16(29-3)7-5-15)11-19(18)23-27-26-21-12-25-22-20(28(21)23)8-9-24-22/h4-9,12,17-19,24H,1,10-11,13H2,2-3H3/t17-,18-,19+/m0/s1. The van der Waals surface area contributed by atoms with Gasteiger partial charge in [0.15, 0.2) is 11.3 Å². The molecule has 154 valence electrons. The van der Waals surface area contributed by atoms with E-state index in [4.69, 9.17) is 9.47 Å². The number of ether oxygens (including phenoxy) is 2. The normalized spacial score (nSPS) is 21.5. The van der Waals surface area contributed by atoms with Gasteiger partial charge in [-0.2, -0.15) is 0 Å². The van der Waals surface area contributed by atoms with Gasteiger partial charge in [0.25, 0.3) is 0 Å². The summed E-state index contributed by atoms with van der Waals surface area (Å²) in [4.78, 5) is 7.59. The van der Waals surface area contributed by atoms with Crippen molar-refractivity contribution in [2.24, 2.45) is 5.92 Å². The summed E-state index contributed by atoms with van der Waals surface area (Å²) in [5.74, 6) is 2.33. The highest BCUT2D eigenvalue weighted by molar-refractivity contribution is 5.74. The molecule has 0 amide bonds. The molecule has 7 heteroatoms. The van der Waals surface area contributed by atoms with Crippen LogP contribution < -0.4 is 4.74 Å². The van der Waals surface area contributed by atoms with Gasteiger partial charge in [-0.15, -0.1) is 10.2 Å². The predicted molar refractivity (Wildman–Crippen MR) is 114 cm³/mol. The molecule has 7 nitrogen and oxygen atoms in total. The Bertz CT molecular complexity index is 1190. The van der Waals surface area contributed by atoms with E-state index in [9.17, 15) is 0 Å². The van der Waals surface area contributed by atoms with Crippen LogP contribution in [0.15, 0.2) is 54.9 Å². The van der Waals surface area contributed by atoms with Crippen molar-refractivity contribution < 1.29 is 9.47 Å². The van der Waals surface area contributed by atoms with Crippen molar-refractivity contribution in [3.05, 3.63) is 66.3 Å². The number of aromatic amines is 1. The zero-order valence-electron chi connectivity index (χ0n) is 17.2. The molecule has 5 rings (SSSR count). The number of nitrogens with one attached hydrogen (secondary N) is 1. The molecule has 3 atom stereocenters. The molecule has 1 saturated carbocycles. The fourth-order valence-corrected chi connectivity index (χ4v) is 4.53. The van der Waals surface area contributed by atoms with Crippen LogP contribution >= 0.6 is 0 Å². The Labute approximate surface area is 174 Å². The third kappa shape index (κ3) is 3.25. The predicted octanol–water partition coefficient (Wildman–Crippen LogP) is 4.27. The van der Waals surface area contributed by atoms with Crippen LogP contribution in [-0.4, -0.2) is 37.8 Å². The Morgan fingerprint density at radius 3 is 2.80 bits per heavy atom. The van der Waals surface area contributed by atoms with Gasteiger partial charge in [-0.05, 0) is 49.4 Å². The van der Waals surface area contributed by atoms with Crippen molar-refractivity contribution in [1.82, 2.24) is 24.6 Å². The molecule has 1 N–H and O–H groups in total. The van der Waals surface area contributed by atoms with Crippen molar-refractivity contribution in [3.63, 3.8) is 0 Å². The van der Waals surface area contributed by atoms with Gasteiger partial charge < -0.3 is 14.5 Å². The summed E-state index contributed by atoms with van der Waals surface area (Å²) in [5.41, 5.74) is 4.89. The molecular formula is C23H25N5O2. The first kappa shape index (κ1) is 18.8. The van der Waals surface area contributed by atoms with Gasteiger partial charge in [0.05, 0.1) is 31.5 Å². The van der Waals surface area contributed by atoms with E-state index < -0.39 is 0 Å². The lowest BCUT2D eigenvalue weighted by molar-refractivity contribution is 0.0430. The van der Waals surface area contributed by atoms with Gasteiger partial charge >= 0.3 is 0 Å². The Kier molecular flexibility index (Phi) is 4.75. The molecule has 0 unspecified atom stereocenters. The van der Waals surface area contributed by atoms with Crippen LogP contribution in [0.1, 0.15) is 37.1 Å². The zero-order chi connectivity index (χ0) is 20.7. The molecule has 0 aliphatic heterocycles. The zero-order valence-corrected chi connectivity index (χ0v) is 17.2. The molecule has 1 aliphatic carbocycles. The third-order valence-electron chi connectivity index (χ3n) is 6.10. The highest BCUT2D eigenvalue weighted by Crippen LogP contribution is 2.44. The summed E-state index contributed by atoms with van der Waals surface area (Å²) in [7, 11) is 1.67. The van der Waals surface area contributed by atoms with Gasteiger partial charge in [0, 0.05) is 12.1 Å². The third-order valence-corrected chi connectivity index (χ3v) is 6.10. The number of hydrogen-bond acceptors (Lipinski definition) is 5. The van der Waals surface area contributed by atoms with E-state index in [1.165, 1.54) is 0 Å². The van der Waals surface area contributed by atoms with E-state index in [2.05, 4.69) is 38.1 Å². The van der Waals surface area contributed by atoms with E-state index in [-0.39, 0.29) is 12.0 Å². The van der Waals surface area contributed by atoms with E-state index in [0.717, 1.165) is 52.4 Å². The number of fused-ring (bicyclic) bond motifs is 3. The summed E-state index contributed by atoms with van der Waals surface area (Å²) in [6.45, 7) is 6.93. The van der Waals surface area contributed by atoms with Gasteiger partial charge in [-0.1, -0.05) is 24.3 Å². The minimum atomic E-state index is 0.148. The Hall–Kier alpha value is -3.19. The molecular weight excluding hydrogens is 378 g/mol. The average molecular weight is 403 g/mol. The van der Waals surface area contributed by atoms with Crippen LogP contribution in [-0.2, 0) is 11.3 Å². The maximum Gasteiger partial charge on any atom is 0.179 e. The van der Waals surface area contributed by atoms with E-state index in [1.807, 2.05) is 36.5 Å². The maximum absolute atomic E-state index is 6.30. The lowest BCUT2D eigenvalue weighted by Gasteiger charge is -2.17. The highest BCUT2D eigenvalue weighted by atomic mass is 16.5. The Balaban J connectivity index is 1.40. The number of hydrogen-bond donors (Lipinski definition) is 1. The van der Waals surface area contributed by atoms with Crippen molar-refractivity contribution in [3.8, 4) is 5.75 Å². The minimum absolute atomic E-state index is 0.148. The van der Waals surface area contributed by atoms with E-state index in [1.54, 1.807) is 13.3 Å². The number of H-pyrrole nitrogens is 1. The smallest absolute Gasteiger partial charge is 0.179 e. The van der Waals surface area contributed by atoms with Crippen molar-refractivity contribution >= 4 is 16.8 Å². The minimum Gasteiger partial charge on any atom is -0.497 e. The second kappa shape index (κ2) is 7.57. The molecule has 1 aliphatic rings. The number of methoxy groups -OCH3 is 1. The molecule has 0 radical (unpaired) electrons. The van der Waals surface area contributed by atoms with Crippen LogP contribution in [0.2, 0.25) is 0 Å².